The molecule has 0 unspecified atom stereocenters. The Balaban J connectivity index is 1.47. The van der Waals surface area contributed by atoms with Crippen molar-refractivity contribution >= 4 is 5.71 Å². The van der Waals surface area contributed by atoms with Crippen molar-refractivity contribution in [1.82, 2.24) is 0 Å². The minimum Gasteiger partial charge on any atom is -0.300 e. The molecule has 0 amide bonds. The van der Waals surface area contributed by atoms with Crippen LogP contribution in [0.4, 0.5) is 0 Å². The van der Waals surface area contributed by atoms with E-state index in [-0.39, 0.29) is 5.71 Å². The van der Waals surface area contributed by atoms with Gasteiger partial charge in [0.15, 0.2) is 0 Å². The van der Waals surface area contributed by atoms with Gasteiger partial charge in [0.2, 0.25) is 0 Å². The SMILES string of the molecule is C=C/C(C#N)=C\C(=N)c1cccc(-c2ccc3c(c2)-c2cc(-c4ccccc4)ccc2C3(c2ccccc2)c2ccccc2)c1. The Morgan fingerprint density at radius 3 is 1.60 bits per heavy atom. The second kappa shape index (κ2) is 11.6. The molecular weight excluding hydrogens is 544 g/mol. The first-order chi connectivity index (χ1) is 22.1. The maximum absolute atomic E-state index is 9.34. The molecule has 1 aliphatic rings. The van der Waals surface area contributed by atoms with Gasteiger partial charge in [0.25, 0.3) is 0 Å². The number of nitrogens with zero attached hydrogens (tertiary/aromatic N) is 1. The Morgan fingerprint density at radius 2 is 1.07 bits per heavy atom. The molecule has 6 aromatic carbocycles. The van der Waals surface area contributed by atoms with Gasteiger partial charge in [-0.3, -0.25) is 0 Å². The molecule has 0 heterocycles. The van der Waals surface area contributed by atoms with Gasteiger partial charge in [-0.25, -0.2) is 0 Å². The zero-order valence-corrected chi connectivity index (χ0v) is 24.7. The average Bonchev–Trinajstić information content (AvgIpc) is 3.41. The summed E-state index contributed by atoms with van der Waals surface area (Å²) >= 11 is 0. The molecule has 7 rings (SSSR count). The molecule has 0 atom stereocenters. The Hall–Kier alpha value is -6.04. The van der Waals surface area contributed by atoms with Crippen molar-refractivity contribution in [3.05, 3.63) is 204 Å². The summed E-state index contributed by atoms with van der Waals surface area (Å²) in [5.74, 6) is 0. The van der Waals surface area contributed by atoms with Crippen LogP contribution in [0, 0.1) is 16.7 Å². The Bertz CT molecular complexity index is 2090. The first-order valence-electron chi connectivity index (χ1n) is 15.0. The summed E-state index contributed by atoms with van der Waals surface area (Å²) in [4.78, 5) is 0. The molecule has 0 saturated carbocycles. The molecule has 0 radical (unpaired) electrons. The molecule has 0 spiro atoms. The van der Waals surface area contributed by atoms with Crippen molar-refractivity contribution in [3.63, 3.8) is 0 Å². The van der Waals surface area contributed by atoms with Crippen molar-refractivity contribution in [1.29, 1.82) is 10.7 Å². The van der Waals surface area contributed by atoms with Gasteiger partial charge in [-0.05, 0) is 79.9 Å². The Labute approximate surface area is 264 Å². The van der Waals surface area contributed by atoms with Crippen LogP contribution in [0.2, 0.25) is 0 Å². The average molecular weight is 575 g/mol. The van der Waals surface area contributed by atoms with Gasteiger partial charge in [0.05, 0.1) is 22.8 Å². The van der Waals surface area contributed by atoms with Crippen molar-refractivity contribution in [2.75, 3.05) is 0 Å². The van der Waals surface area contributed by atoms with Crippen LogP contribution in [0.15, 0.2) is 176 Å². The third kappa shape index (κ3) is 4.72. The van der Waals surface area contributed by atoms with Gasteiger partial charge in [-0.15, -0.1) is 0 Å². The Morgan fingerprint density at radius 1 is 0.578 bits per heavy atom. The third-order valence-corrected chi connectivity index (χ3v) is 8.81. The van der Waals surface area contributed by atoms with Crippen LogP contribution in [-0.2, 0) is 5.41 Å². The summed E-state index contributed by atoms with van der Waals surface area (Å²) in [5, 5.41) is 18.0. The number of hydrogen-bond donors (Lipinski definition) is 1. The fourth-order valence-electron chi connectivity index (χ4n) is 6.73. The van der Waals surface area contributed by atoms with Crippen LogP contribution in [0.3, 0.4) is 0 Å². The summed E-state index contributed by atoms with van der Waals surface area (Å²) in [6.07, 6.45) is 3.04. The lowest BCUT2D eigenvalue weighted by molar-refractivity contribution is 0.768. The van der Waals surface area contributed by atoms with Crippen LogP contribution in [0.1, 0.15) is 27.8 Å². The highest BCUT2D eigenvalue weighted by atomic mass is 14.5. The van der Waals surface area contributed by atoms with Gasteiger partial charge in [0, 0.05) is 5.56 Å². The number of benzene rings is 6. The highest BCUT2D eigenvalue weighted by Gasteiger charge is 2.46. The quantitative estimate of drug-likeness (QED) is 0.115. The van der Waals surface area contributed by atoms with Gasteiger partial charge in [-0.1, -0.05) is 146 Å². The van der Waals surface area contributed by atoms with Crippen LogP contribution in [0.5, 0.6) is 0 Å². The lowest BCUT2D eigenvalue weighted by Crippen LogP contribution is -2.28. The van der Waals surface area contributed by atoms with E-state index in [0.717, 1.165) is 16.7 Å². The summed E-state index contributed by atoms with van der Waals surface area (Å²) in [7, 11) is 0. The molecule has 2 heteroatoms. The van der Waals surface area contributed by atoms with Crippen LogP contribution >= 0.6 is 0 Å². The molecule has 0 aliphatic heterocycles. The Kier molecular flexibility index (Phi) is 7.14. The highest BCUT2D eigenvalue weighted by molar-refractivity contribution is 6.08. The molecule has 6 aromatic rings. The molecule has 1 N–H and O–H groups in total. The summed E-state index contributed by atoms with van der Waals surface area (Å²) in [5.41, 5.74) is 12.8. The minimum absolute atomic E-state index is 0.277. The van der Waals surface area contributed by atoms with Crippen molar-refractivity contribution in [2.45, 2.75) is 5.41 Å². The minimum atomic E-state index is -0.478. The van der Waals surface area contributed by atoms with Crippen molar-refractivity contribution in [3.8, 4) is 39.4 Å². The summed E-state index contributed by atoms with van der Waals surface area (Å²) < 4.78 is 0. The van der Waals surface area contributed by atoms with E-state index in [0.29, 0.717) is 5.57 Å². The fraction of sp³-hybridized carbons (Fsp3) is 0.0233. The van der Waals surface area contributed by atoms with E-state index in [2.05, 4.69) is 146 Å². The maximum atomic E-state index is 9.34. The van der Waals surface area contributed by atoms with E-state index in [9.17, 15) is 5.26 Å². The predicted octanol–water partition coefficient (Wildman–Crippen LogP) is 10.4. The zero-order valence-electron chi connectivity index (χ0n) is 24.7. The zero-order chi connectivity index (χ0) is 30.8. The summed E-state index contributed by atoms with van der Waals surface area (Å²) in [6, 6.07) is 56.0. The fourth-order valence-corrected chi connectivity index (χ4v) is 6.73. The predicted molar refractivity (Wildman–Crippen MR) is 185 cm³/mol. The number of rotatable bonds is 7. The molecule has 0 saturated heterocycles. The van der Waals surface area contributed by atoms with E-state index in [1.165, 1.54) is 50.6 Å². The van der Waals surface area contributed by atoms with E-state index in [4.69, 9.17) is 5.41 Å². The molecule has 2 nitrogen and oxygen atoms in total. The van der Waals surface area contributed by atoms with Gasteiger partial charge in [-0.2, -0.15) is 5.26 Å². The first kappa shape index (κ1) is 27.8. The largest absolute Gasteiger partial charge is 0.300 e. The summed E-state index contributed by atoms with van der Waals surface area (Å²) in [6.45, 7) is 3.69. The molecule has 1 aliphatic carbocycles. The molecule has 0 fully saturated rings. The highest BCUT2D eigenvalue weighted by Crippen LogP contribution is 2.57. The number of hydrogen-bond acceptors (Lipinski definition) is 2. The standard InChI is InChI=1S/C43H30N2/c1-2-30(29-44)25-42(45)35-16-12-15-32(26-35)34-22-24-41-39(28-34)38-27-33(31-13-6-3-7-14-31)21-23-40(38)43(41,36-17-8-4-9-18-36)37-19-10-5-11-20-37/h2-28,45H,1H2/b30-25+,45-42?. The van der Waals surface area contributed by atoms with Crippen LogP contribution < -0.4 is 0 Å². The molecule has 0 aromatic heterocycles. The van der Waals surface area contributed by atoms with E-state index in [1.54, 1.807) is 6.08 Å². The topological polar surface area (TPSA) is 47.6 Å². The molecule has 0 bridgehead atoms. The number of fused-ring (bicyclic) bond motifs is 3. The number of nitriles is 1. The maximum Gasteiger partial charge on any atom is 0.0992 e. The van der Waals surface area contributed by atoms with Gasteiger partial charge in [0.1, 0.15) is 0 Å². The second-order valence-corrected chi connectivity index (χ2v) is 11.3. The number of nitrogens with one attached hydrogen (secondary N) is 1. The van der Waals surface area contributed by atoms with E-state index in [1.807, 2.05) is 18.2 Å². The van der Waals surface area contributed by atoms with Gasteiger partial charge < -0.3 is 5.41 Å². The monoisotopic (exact) mass is 574 g/mol. The number of allylic oxidation sites excluding steroid dienone is 3. The van der Waals surface area contributed by atoms with Crippen LogP contribution in [-0.4, -0.2) is 5.71 Å². The van der Waals surface area contributed by atoms with E-state index < -0.39 is 5.41 Å². The third-order valence-electron chi connectivity index (χ3n) is 8.81. The molecule has 45 heavy (non-hydrogen) atoms. The van der Waals surface area contributed by atoms with Crippen LogP contribution in [0.25, 0.3) is 33.4 Å². The normalized spacial score (nSPS) is 12.9. The smallest absolute Gasteiger partial charge is 0.0992 e. The van der Waals surface area contributed by atoms with Gasteiger partial charge >= 0.3 is 0 Å². The lowest BCUT2D eigenvalue weighted by atomic mass is 9.67. The van der Waals surface area contributed by atoms with Crippen molar-refractivity contribution < 1.29 is 0 Å². The van der Waals surface area contributed by atoms with Crippen molar-refractivity contribution in [2.24, 2.45) is 0 Å². The van der Waals surface area contributed by atoms with E-state index >= 15 is 0 Å². The molecular formula is C43H30N2. The second-order valence-electron chi connectivity index (χ2n) is 11.3. The first-order valence-corrected chi connectivity index (χ1v) is 15.0. The lowest BCUT2D eigenvalue weighted by Gasteiger charge is -2.34. The molecule has 212 valence electrons.